The molecule has 0 radical (unpaired) electrons. The van der Waals surface area contributed by atoms with Gasteiger partial charge in [0, 0.05) is 5.69 Å². The monoisotopic (exact) mass is 233 g/mol. The number of nitrogens with one attached hydrogen (secondary N) is 1. The first-order valence-electron chi connectivity index (χ1n) is 7.06. The molecule has 17 heavy (non-hydrogen) atoms. The van der Waals surface area contributed by atoms with Crippen molar-refractivity contribution < 1.29 is 4.79 Å². The molecule has 0 bridgehead atoms. The fourth-order valence-electron chi connectivity index (χ4n) is 2.75. The maximum atomic E-state index is 10.8. The van der Waals surface area contributed by atoms with E-state index < -0.39 is 0 Å². The zero-order valence-corrected chi connectivity index (χ0v) is 10.6. The van der Waals surface area contributed by atoms with Crippen molar-refractivity contribution in [3.63, 3.8) is 0 Å². The number of hydrogen-bond acceptors (Lipinski definition) is 1. The minimum atomic E-state index is 0.755. The number of hydrogen-bond donors (Lipinski definition) is 1. The second-order valence-corrected chi connectivity index (χ2v) is 5.17. The van der Waals surface area contributed by atoms with Crippen molar-refractivity contribution >= 4 is 6.29 Å². The Kier molecular flexibility index (Phi) is 4.84. The van der Waals surface area contributed by atoms with Gasteiger partial charge in [-0.1, -0.05) is 38.5 Å². The number of aryl methyl sites for hydroxylation is 2. The van der Waals surface area contributed by atoms with Crippen LogP contribution in [0.2, 0.25) is 0 Å². The summed E-state index contributed by atoms with van der Waals surface area (Å²) < 4.78 is 0. The van der Waals surface area contributed by atoms with E-state index in [2.05, 4.69) is 4.98 Å². The largest absolute Gasteiger partial charge is 0.356 e. The van der Waals surface area contributed by atoms with Crippen LogP contribution in [0.3, 0.4) is 0 Å². The number of aromatic amines is 1. The molecule has 1 heterocycles. The molecule has 0 fully saturated rings. The zero-order valence-electron chi connectivity index (χ0n) is 10.6. The molecule has 0 atom stereocenters. The Labute approximate surface area is 104 Å². The quantitative estimate of drug-likeness (QED) is 0.729. The van der Waals surface area contributed by atoms with Crippen molar-refractivity contribution in [1.29, 1.82) is 0 Å². The molecular weight excluding hydrogens is 210 g/mol. The molecule has 0 unspecified atom stereocenters. The molecule has 0 aliphatic heterocycles. The van der Waals surface area contributed by atoms with Crippen LogP contribution in [0.15, 0.2) is 6.07 Å². The first-order chi connectivity index (χ1) is 8.40. The van der Waals surface area contributed by atoms with Gasteiger partial charge in [0.15, 0.2) is 6.29 Å². The summed E-state index contributed by atoms with van der Waals surface area (Å²) in [6.07, 6.45) is 13.9. The number of H-pyrrole nitrogens is 1. The number of carbonyl (C=O) groups excluding carboxylic acids is 1. The van der Waals surface area contributed by atoms with Crippen LogP contribution in [0, 0.1) is 0 Å². The van der Waals surface area contributed by atoms with Gasteiger partial charge in [-0.05, 0) is 37.3 Å². The lowest BCUT2D eigenvalue weighted by Gasteiger charge is -2.07. The Hall–Kier alpha value is -1.05. The average molecular weight is 233 g/mol. The number of rotatable bonds is 1. The van der Waals surface area contributed by atoms with Gasteiger partial charge in [-0.25, -0.2) is 0 Å². The Morgan fingerprint density at radius 1 is 0.882 bits per heavy atom. The fourth-order valence-corrected chi connectivity index (χ4v) is 2.75. The summed E-state index contributed by atoms with van der Waals surface area (Å²) in [5, 5.41) is 0. The van der Waals surface area contributed by atoms with E-state index in [1.165, 1.54) is 62.6 Å². The molecule has 2 nitrogen and oxygen atoms in total. The van der Waals surface area contributed by atoms with Crippen molar-refractivity contribution in [2.75, 3.05) is 0 Å². The highest BCUT2D eigenvalue weighted by atomic mass is 16.1. The second-order valence-electron chi connectivity index (χ2n) is 5.17. The van der Waals surface area contributed by atoms with Gasteiger partial charge in [0.2, 0.25) is 0 Å². The minimum Gasteiger partial charge on any atom is -0.356 e. The van der Waals surface area contributed by atoms with E-state index in [-0.39, 0.29) is 0 Å². The van der Waals surface area contributed by atoms with E-state index in [9.17, 15) is 4.79 Å². The third-order valence-corrected chi connectivity index (χ3v) is 3.76. The number of aldehydes is 1. The normalized spacial score (nSPS) is 18.8. The number of fused-ring (bicyclic) bond motifs is 1. The van der Waals surface area contributed by atoms with Gasteiger partial charge in [-0.3, -0.25) is 4.79 Å². The lowest BCUT2D eigenvalue weighted by atomic mass is 10.00. The first-order valence-corrected chi connectivity index (χ1v) is 7.06. The van der Waals surface area contributed by atoms with Crippen molar-refractivity contribution in [3.8, 4) is 0 Å². The molecule has 0 saturated heterocycles. The van der Waals surface area contributed by atoms with Gasteiger partial charge in [0.25, 0.3) is 0 Å². The molecule has 1 N–H and O–H groups in total. The molecule has 1 aliphatic carbocycles. The SMILES string of the molecule is O=Cc1cc2c([nH]1)CCCCCCCCCC2. The summed E-state index contributed by atoms with van der Waals surface area (Å²) in [6.45, 7) is 0. The molecule has 1 aromatic rings. The lowest BCUT2D eigenvalue weighted by Crippen LogP contribution is -1.95. The molecule has 0 amide bonds. The van der Waals surface area contributed by atoms with E-state index in [1.807, 2.05) is 6.07 Å². The van der Waals surface area contributed by atoms with Crippen molar-refractivity contribution in [2.45, 2.75) is 64.2 Å². The Morgan fingerprint density at radius 3 is 2.12 bits per heavy atom. The predicted octanol–water partition coefficient (Wildman–Crippen LogP) is 4.05. The highest BCUT2D eigenvalue weighted by Crippen LogP contribution is 2.19. The number of aromatic nitrogens is 1. The van der Waals surface area contributed by atoms with E-state index in [1.54, 1.807) is 0 Å². The molecular formula is C15H23NO. The molecule has 2 rings (SSSR count). The third-order valence-electron chi connectivity index (χ3n) is 3.76. The molecule has 0 aromatic carbocycles. The van der Waals surface area contributed by atoms with Crippen molar-refractivity contribution in [3.05, 3.63) is 23.0 Å². The van der Waals surface area contributed by atoms with Crippen LogP contribution in [0.5, 0.6) is 0 Å². The fraction of sp³-hybridized carbons (Fsp3) is 0.667. The second kappa shape index (κ2) is 6.63. The molecule has 0 spiro atoms. The topological polar surface area (TPSA) is 32.9 Å². The molecule has 94 valence electrons. The van der Waals surface area contributed by atoms with Gasteiger partial charge in [0.1, 0.15) is 0 Å². The Balaban J connectivity index is 2.03. The van der Waals surface area contributed by atoms with E-state index in [4.69, 9.17) is 0 Å². The lowest BCUT2D eigenvalue weighted by molar-refractivity contribution is 0.111. The highest BCUT2D eigenvalue weighted by Gasteiger charge is 2.08. The Bertz CT molecular complexity index is 324. The standard InChI is InChI=1S/C15H23NO/c17-12-14-11-13-9-7-5-3-1-2-4-6-8-10-15(13)16-14/h11-12,16H,1-10H2. The maximum absolute atomic E-state index is 10.8. The average Bonchev–Trinajstić information content (AvgIpc) is 2.72. The van der Waals surface area contributed by atoms with E-state index in [0.717, 1.165) is 24.8 Å². The van der Waals surface area contributed by atoms with E-state index >= 15 is 0 Å². The van der Waals surface area contributed by atoms with Crippen LogP contribution in [-0.2, 0) is 12.8 Å². The summed E-state index contributed by atoms with van der Waals surface area (Å²) in [4.78, 5) is 14.1. The zero-order chi connectivity index (χ0) is 11.9. The summed E-state index contributed by atoms with van der Waals surface area (Å²) in [5.74, 6) is 0. The third kappa shape index (κ3) is 3.72. The van der Waals surface area contributed by atoms with Crippen LogP contribution in [0.1, 0.15) is 73.1 Å². The van der Waals surface area contributed by atoms with Gasteiger partial charge < -0.3 is 4.98 Å². The summed E-state index contributed by atoms with van der Waals surface area (Å²) in [5.41, 5.74) is 3.45. The van der Waals surface area contributed by atoms with Crippen molar-refractivity contribution in [1.82, 2.24) is 4.98 Å². The summed E-state index contributed by atoms with van der Waals surface area (Å²) >= 11 is 0. The van der Waals surface area contributed by atoms with E-state index in [0.29, 0.717) is 0 Å². The number of carbonyl (C=O) groups is 1. The van der Waals surface area contributed by atoms with Crippen LogP contribution >= 0.6 is 0 Å². The molecule has 0 saturated carbocycles. The minimum absolute atomic E-state index is 0.755. The molecule has 1 aromatic heterocycles. The highest BCUT2D eigenvalue weighted by molar-refractivity contribution is 5.72. The summed E-state index contributed by atoms with van der Waals surface area (Å²) in [7, 11) is 0. The van der Waals surface area contributed by atoms with Crippen molar-refractivity contribution in [2.24, 2.45) is 0 Å². The smallest absolute Gasteiger partial charge is 0.166 e. The predicted molar refractivity (Wildman–Crippen MR) is 70.5 cm³/mol. The van der Waals surface area contributed by atoms with Gasteiger partial charge in [-0.2, -0.15) is 0 Å². The Morgan fingerprint density at radius 2 is 1.47 bits per heavy atom. The van der Waals surface area contributed by atoms with Crippen LogP contribution in [-0.4, -0.2) is 11.3 Å². The van der Waals surface area contributed by atoms with Crippen LogP contribution < -0.4 is 0 Å². The van der Waals surface area contributed by atoms with Crippen LogP contribution in [0.25, 0.3) is 0 Å². The van der Waals surface area contributed by atoms with Gasteiger partial charge in [0.05, 0.1) is 5.69 Å². The molecule has 1 aliphatic rings. The maximum Gasteiger partial charge on any atom is 0.166 e. The van der Waals surface area contributed by atoms with Gasteiger partial charge in [-0.15, -0.1) is 0 Å². The van der Waals surface area contributed by atoms with Gasteiger partial charge >= 0.3 is 0 Å². The summed E-state index contributed by atoms with van der Waals surface area (Å²) in [6, 6.07) is 2.05. The first kappa shape index (κ1) is 12.4. The molecule has 2 heteroatoms. The van der Waals surface area contributed by atoms with Crippen LogP contribution in [0.4, 0.5) is 0 Å².